The van der Waals surface area contributed by atoms with Crippen LogP contribution in [0.25, 0.3) is 5.70 Å². The predicted octanol–water partition coefficient (Wildman–Crippen LogP) is 4.29. The number of hydrogen-bond donors (Lipinski definition) is 2. The van der Waals surface area contributed by atoms with Gasteiger partial charge in [-0.1, -0.05) is 36.4 Å². The van der Waals surface area contributed by atoms with Gasteiger partial charge in [0.25, 0.3) is 0 Å². The van der Waals surface area contributed by atoms with E-state index in [1.165, 1.54) is 6.07 Å². The third-order valence-electron chi connectivity index (χ3n) is 3.96. The minimum absolute atomic E-state index is 0.217. The zero-order chi connectivity index (χ0) is 19.1. The van der Waals surface area contributed by atoms with Gasteiger partial charge in [0.05, 0.1) is 23.0 Å². The highest BCUT2D eigenvalue weighted by atomic mass is 19.1. The highest BCUT2D eigenvalue weighted by Crippen LogP contribution is 2.16. The molecule has 0 atom stereocenters. The first-order valence-electron chi connectivity index (χ1n) is 8.37. The van der Waals surface area contributed by atoms with Crippen LogP contribution in [0.5, 0.6) is 0 Å². The molecule has 132 valence electrons. The molecular formula is C22H17FN4. The van der Waals surface area contributed by atoms with E-state index in [-0.39, 0.29) is 18.1 Å². The second kappa shape index (κ2) is 8.54. The van der Waals surface area contributed by atoms with Crippen molar-refractivity contribution in [3.05, 3.63) is 107 Å². The van der Waals surface area contributed by atoms with Gasteiger partial charge in [-0.3, -0.25) is 10.4 Å². The number of halogens is 1. The van der Waals surface area contributed by atoms with E-state index in [0.717, 1.165) is 5.56 Å². The molecule has 0 saturated heterocycles. The largest absolute Gasteiger partial charge is 0.380 e. The van der Waals surface area contributed by atoms with Gasteiger partial charge in [-0.15, -0.1) is 0 Å². The van der Waals surface area contributed by atoms with Crippen molar-refractivity contribution < 1.29 is 4.39 Å². The molecule has 1 aromatic heterocycles. The molecule has 1 heterocycles. The fourth-order valence-corrected chi connectivity index (χ4v) is 2.57. The number of nitrogens with zero attached hydrogens (tertiary/aromatic N) is 2. The number of benzene rings is 2. The molecule has 0 fully saturated rings. The first kappa shape index (κ1) is 18.0. The molecule has 3 rings (SSSR count). The van der Waals surface area contributed by atoms with Crippen LogP contribution in [0.4, 0.5) is 4.39 Å². The summed E-state index contributed by atoms with van der Waals surface area (Å²) in [6.45, 7) is 0.255. The SMILES string of the molecule is N#Cc1cccc(/C(=C/C(=N)c2ccccn2)NCc2ccccc2F)c1. The normalized spacial score (nSPS) is 10.9. The average molecular weight is 356 g/mol. The van der Waals surface area contributed by atoms with Gasteiger partial charge in [-0.05, 0) is 42.0 Å². The molecule has 0 bridgehead atoms. The van der Waals surface area contributed by atoms with E-state index in [0.29, 0.717) is 22.5 Å². The van der Waals surface area contributed by atoms with Crippen LogP contribution in [0, 0.1) is 22.6 Å². The Morgan fingerprint density at radius 1 is 1.11 bits per heavy atom. The Labute approximate surface area is 157 Å². The Kier molecular flexibility index (Phi) is 5.70. The molecule has 0 saturated carbocycles. The van der Waals surface area contributed by atoms with Crippen molar-refractivity contribution in [2.24, 2.45) is 0 Å². The van der Waals surface area contributed by atoms with Crippen molar-refractivity contribution in [2.75, 3.05) is 0 Å². The molecule has 0 aliphatic rings. The molecule has 0 spiro atoms. The summed E-state index contributed by atoms with van der Waals surface area (Å²) in [5.41, 5.74) is 3.13. The van der Waals surface area contributed by atoms with Crippen LogP contribution in [0.15, 0.2) is 79.0 Å². The van der Waals surface area contributed by atoms with Crippen molar-refractivity contribution in [3.8, 4) is 6.07 Å². The Morgan fingerprint density at radius 3 is 2.67 bits per heavy atom. The smallest absolute Gasteiger partial charge is 0.128 e. The predicted molar refractivity (Wildman–Crippen MR) is 103 cm³/mol. The highest BCUT2D eigenvalue weighted by Gasteiger charge is 2.08. The molecule has 0 aliphatic heterocycles. The van der Waals surface area contributed by atoms with Crippen molar-refractivity contribution in [1.82, 2.24) is 10.3 Å². The summed E-state index contributed by atoms with van der Waals surface area (Å²) in [4.78, 5) is 4.18. The summed E-state index contributed by atoms with van der Waals surface area (Å²) >= 11 is 0. The summed E-state index contributed by atoms with van der Waals surface area (Å²) < 4.78 is 13.9. The van der Waals surface area contributed by atoms with E-state index in [1.807, 2.05) is 12.1 Å². The van der Waals surface area contributed by atoms with E-state index in [1.54, 1.807) is 60.8 Å². The Morgan fingerprint density at radius 2 is 1.93 bits per heavy atom. The van der Waals surface area contributed by atoms with Crippen LogP contribution in [0.3, 0.4) is 0 Å². The zero-order valence-electron chi connectivity index (χ0n) is 14.5. The van der Waals surface area contributed by atoms with Crippen LogP contribution >= 0.6 is 0 Å². The average Bonchev–Trinajstić information content (AvgIpc) is 2.72. The number of nitriles is 1. The van der Waals surface area contributed by atoms with Gasteiger partial charge in [0.1, 0.15) is 5.82 Å². The Hall–Kier alpha value is -3.78. The van der Waals surface area contributed by atoms with E-state index in [4.69, 9.17) is 10.7 Å². The maximum atomic E-state index is 13.9. The van der Waals surface area contributed by atoms with Crippen molar-refractivity contribution >= 4 is 11.4 Å². The van der Waals surface area contributed by atoms with Crippen LogP contribution in [-0.4, -0.2) is 10.7 Å². The van der Waals surface area contributed by atoms with Gasteiger partial charge in [0, 0.05) is 24.0 Å². The molecule has 2 aromatic carbocycles. The number of hydrogen-bond acceptors (Lipinski definition) is 4. The fourth-order valence-electron chi connectivity index (χ4n) is 2.57. The van der Waals surface area contributed by atoms with E-state index in [2.05, 4.69) is 16.4 Å². The van der Waals surface area contributed by atoms with E-state index >= 15 is 0 Å². The van der Waals surface area contributed by atoms with Gasteiger partial charge < -0.3 is 5.32 Å². The minimum atomic E-state index is -0.296. The van der Waals surface area contributed by atoms with Crippen molar-refractivity contribution in [2.45, 2.75) is 6.54 Å². The Balaban J connectivity index is 1.93. The minimum Gasteiger partial charge on any atom is -0.380 e. The maximum absolute atomic E-state index is 13.9. The third-order valence-corrected chi connectivity index (χ3v) is 3.96. The topological polar surface area (TPSA) is 72.6 Å². The molecule has 5 heteroatoms. The summed E-state index contributed by atoms with van der Waals surface area (Å²) in [7, 11) is 0. The quantitative estimate of drug-likeness (QED) is 0.647. The fraction of sp³-hybridized carbons (Fsp3) is 0.0455. The molecule has 2 N–H and O–H groups in total. The second-order valence-electron chi connectivity index (χ2n) is 5.82. The third kappa shape index (κ3) is 4.65. The van der Waals surface area contributed by atoms with Crippen LogP contribution < -0.4 is 5.32 Å². The van der Waals surface area contributed by atoms with Gasteiger partial charge in [-0.25, -0.2) is 4.39 Å². The number of pyridine rings is 1. The lowest BCUT2D eigenvalue weighted by Crippen LogP contribution is -2.15. The van der Waals surface area contributed by atoms with Gasteiger partial charge in [0.2, 0.25) is 0 Å². The Bertz CT molecular complexity index is 1020. The summed E-state index contributed by atoms with van der Waals surface area (Å²) in [6, 6.07) is 21.0. The van der Waals surface area contributed by atoms with Crippen molar-refractivity contribution in [1.29, 1.82) is 10.7 Å². The number of allylic oxidation sites excluding steroid dienone is 1. The molecule has 0 radical (unpaired) electrons. The number of rotatable bonds is 6. The molecule has 4 nitrogen and oxygen atoms in total. The lowest BCUT2D eigenvalue weighted by Gasteiger charge is -2.13. The molecule has 27 heavy (non-hydrogen) atoms. The number of nitrogens with one attached hydrogen (secondary N) is 2. The van der Waals surface area contributed by atoms with Crippen molar-refractivity contribution in [3.63, 3.8) is 0 Å². The lowest BCUT2D eigenvalue weighted by atomic mass is 10.1. The molecule has 0 aliphatic carbocycles. The molecule has 0 unspecified atom stereocenters. The number of aromatic nitrogens is 1. The van der Waals surface area contributed by atoms with E-state index in [9.17, 15) is 4.39 Å². The standard InChI is InChI=1S/C22H17FN4/c23-19-9-2-1-7-18(19)15-27-22(17-8-5-6-16(12-17)14-24)13-20(25)21-10-3-4-11-26-21/h1-13,25,27H,15H2/b22-13-,25-20?. The first-order valence-corrected chi connectivity index (χ1v) is 8.37. The summed E-state index contributed by atoms with van der Waals surface area (Å²) in [5.74, 6) is -0.296. The monoisotopic (exact) mass is 356 g/mol. The van der Waals surface area contributed by atoms with Gasteiger partial charge >= 0.3 is 0 Å². The molecule has 3 aromatic rings. The molecular weight excluding hydrogens is 339 g/mol. The van der Waals surface area contributed by atoms with E-state index < -0.39 is 0 Å². The van der Waals surface area contributed by atoms with Crippen LogP contribution in [0.1, 0.15) is 22.4 Å². The first-order chi connectivity index (χ1) is 13.2. The van der Waals surface area contributed by atoms with Crippen LogP contribution in [0.2, 0.25) is 0 Å². The summed E-state index contributed by atoms with van der Waals surface area (Å²) in [6.07, 6.45) is 3.26. The molecule has 0 amide bonds. The maximum Gasteiger partial charge on any atom is 0.128 e. The second-order valence-corrected chi connectivity index (χ2v) is 5.82. The van der Waals surface area contributed by atoms with Gasteiger partial charge in [-0.2, -0.15) is 5.26 Å². The van der Waals surface area contributed by atoms with Crippen LogP contribution in [-0.2, 0) is 6.54 Å². The highest BCUT2D eigenvalue weighted by molar-refractivity contribution is 6.08. The zero-order valence-corrected chi connectivity index (χ0v) is 14.5. The van der Waals surface area contributed by atoms with Gasteiger partial charge in [0.15, 0.2) is 0 Å². The lowest BCUT2D eigenvalue weighted by molar-refractivity contribution is 0.605. The summed E-state index contributed by atoms with van der Waals surface area (Å²) in [5, 5.41) is 20.7.